The van der Waals surface area contributed by atoms with E-state index in [0.29, 0.717) is 21.4 Å². The number of methoxy groups -OCH3 is 2. The Morgan fingerprint density at radius 3 is 2.52 bits per heavy atom. The molecule has 0 bridgehead atoms. The van der Waals surface area contributed by atoms with Crippen LogP contribution in [-0.4, -0.2) is 55.6 Å². The second-order valence-electron chi connectivity index (χ2n) is 7.02. The lowest BCUT2D eigenvalue weighted by atomic mass is 10.1. The van der Waals surface area contributed by atoms with Crippen LogP contribution in [0.1, 0.15) is 26.6 Å². The molecule has 3 rings (SSSR count). The third-order valence-electron chi connectivity index (χ3n) is 4.54. The molecule has 29 heavy (non-hydrogen) atoms. The molecule has 0 aliphatic carbocycles. The molecule has 0 radical (unpaired) electrons. The molecular weight excluding hydrogens is 388 g/mol. The summed E-state index contributed by atoms with van der Waals surface area (Å²) >= 11 is 1.33. The van der Waals surface area contributed by atoms with Gasteiger partial charge in [-0.3, -0.25) is 4.79 Å². The van der Waals surface area contributed by atoms with Gasteiger partial charge < -0.3 is 19.7 Å². The zero-order chi connectivity index (χ0) is 21.0. The molecule has 0 atom stereocenters. The minimum absolute atomic E-state index is 0.165. The average Bonchev–Trinajstić information content (AvgIpc) is 3.03. The molecule has 3 aromatic rings. The highest BCUT2D eigenvalue weighted by atomic mass is 32.1. The molecule has 7 nitrogen and oxygen atoms in total. The molecule has 1 aromatic carbocycles. The van der Waals surface area contributed by atoms with Gasteiger partial charge in [0, 0.05) is 19.3 Å². The van der Waals surface area contributed by atoms with Gasteiger partial charge in [-0.25, -0.2) is 4.98 Å². The first kappa shape index (κ1) is 21.2. The Bertz CT molecular complexity index is 999. The molecule has 1 N–H and O–H groups in total. The predicted octanol–water partition coefficient (Wildman–Crippen LogP) is 3.51. The fourth-order valence-corrected chi connectivity index (χ4v) is 4.08. The highest BCUT2D eigenvalue weighted by Crippen LogP contribution is 2.35. The summed E-state index contributed by atoms with van der Waals surface area (Å²) < 4.78 is 10.5. The number of likely N-dealkylation sites (N-methyl/N-ethyl adjacent to an activating group) is 1. The average molecular weight is 415 g/mol. The van der Waals surface area contributed by atoms with Gasteiger partial charge in [0.2, 0.25) is 5.88 Å². The number of nitrogens with zero attached hydrogens (tertiary/aromatic N) is 3. The zero-order valence-electron chi connectivity index (χ0n) is 17.4. The number of thiophene rings is 1. The summed E-state index contributed by atoms with van der Waals surface area (Å²) in [7, 11) is 7.26. The standard InChI is InChI=1S/C21H26N4O3S/c1-13-17-20(28-5)23-16(12-27-4)24-21(17)29-18(13)19(26)22-15-8-6-14(7-9-15)10-11-25(2)3/h6-9H,10-12H2,1-5H3,(H,22,26). The van der Waals surface area contributed by atoms with Crippen LogP contribution in [0.5, 0.6) is 5.88 Å². The first-order valence-corrected chi connectivity index (χ1v) is 10.1. The smallest absolute Gasteiger partial charge is 0.266 e. The number of fused-ring (bicyclic) bond motifs is 1. The van der Waals surface area contributed by atoms with E-state index in [9.17, 15) is 4.79 Å². The van der Waals surface area contributed by atoms with Crippen LogP contribution in [-0.2, 0) is 17.8 Å². The Balaban J connectivity index is 1.82. The van der Waals surface area contributed by atoms with Gasteiger partial charge in [0.1, 0.15) is 11.4 Å². The fourth-order valence-electron chi connectivity index (χ4n) is 3.00. The van der Waals surface area contributed by atoms with E-state index < -0.39 is 0 Å². The number of ether oxygens (including phenoxy) is 2. The molecule has 0 saturated carbocycles. The number of hydrogen-bond acceptors (Lipinski definition) is 7. The van der Waals surface area contributed by atoms with Crippen LogP contribution in [0.15, 0.2) is 24.3 Å². The highest BCUT2D eigenvalue weighted by Gasteiger charge is 2.21. The molecular formula is C21H26N4O3S. The lowest BCUT2D eigenvalue weighted by Crippen LogP contribution is -2.15. The number of rotatable bonds is 8. The van der Waals surface area contributed by atoms with Crippen molar-refractivity contribution in [3.05, 3.63) is 46.1 Å². The Morgan fingerprint density at radius 1 is 1.17 bits per heavy atom. The highest BCUT2D eigenvalue weighted by molar-refractivity contribution is 7.20. The third kappa shape index (κ3) is 4.90. The minimum Gasteiger partial charge on any atom is -0.480 e. The number of benzene rings is 1. The molecule has 0 aliphatic heterocycles. The summed E-state index contributed by atoms with van der Waals surface area (Å²) in [4.78, 5) is 25.2. The lowest BCUT2D eigenvalue weighted by Gasteiger charge is -2.10. The van der Waals surface area contributed by atoms with Crippen molar-refractivity contribution in [3.8, 4) is 5.88 Å². The van der Waals surface area contributed by atoms with E-state index >= 15 is 0 Å². The summed E-state index contributed by atoms with van der Waals surface area (Å²) in [5.74, 6) is 0.820. The van der Waals surface area contributed by atoms with Crippen LogP contribution in [0.2, 0.25) is 0 Å². The monoisotopic (exact) mass is 414 g/mol. The van der Waals surface area contributed by atoms with Crippen LogP contribution in [0.4, 0.5) is 5.69 Å². The van der Waals surface area contributed by atoms with E-state index in [1.165, 1.54) is 16.9 Å². The molecule has 0 spiro atoms. The minimum atomic E-state index is -0.165. The maximum absolute atomic E-state index is 12.9. The van der Waals surface area contributed by atoms with Crippen LogP contribution in [0.3, 0.4) is 0 Å². The van der Waals surface area contributed by atoms with Crippen molar-refractivity contribution >= 4 is 33.1 Å². The van der Waals surface area contributed by atoms with Crippen molar-refractivity contribution in [2.75, 3.05) is 40.2 Å². The van der Waals surface area contributed by atoms with E-state index in [2.05, 4.69) is 34.3 Å². The van der Waals surface area contributed by atoms with E-state index in [1.807, 2.05) is 31.2 Å². The second kappa shape index (κ2) is 9.30. The van der Waals surface area contributed by atoms with Gasteiger partial charge in [0.25, 0.3) is 5.91 Å². The van der Waals surface area contributed by atoms with Crippen LogP contribution in [0.25, 0.3) is 10.2 Å². The van der Waals surface area contributed by atoms with Crippen molar-refractivity contribution in [3.63, 3.8) is 0 Å². The second-order valence-corrected chi connectivity index (χ2v) is 8.02. The molecule has 2 heterocycles. The number of aryl methyl sites for hydroxylation is 1. The number of carbonyl (C=O) groups is 1. The van der Waals surface area contributed by atoms with Crippen LogP contribution < -0.4 is 10.1 Å². The normalized spacial score (nSPS) is 11.2. The van der Waals surface area contributed by atoms with Gasteiger partial charge in [-0.15, -0.1) is 11.3 Å². The largest absolute Gasteiger partial charge is 0.480 e. The van der Waals surface area contributed by atoms with Crippen molar-refractivity contribution in [2.45, 2.75) is 20.0 Å². The first-order chi connectivity index (χ1) is 13.9. The summed E-state index contributed by atoms with van der Waals surface area (Å²) in [6.07, 6.45) is 0.971. The number of amides is 1. The summed E-state index contributed by atoms with van der Waals surface area (Å²) in [6.45, 7) is 3.16. The lowest BCUT2D eigenvalue weighted by molar-refractivity contribution is 0.103. The Kier molecular flexibility index (Phi) is 6.79. The molecule has 8 heteroatoms. The Labute approximate surface area is 174 Å². The molecule has 0 aliphatic rings. The third-order valence-corrected chi connectivity index (χ3v) is 5.72. The summed E-state index contributed by atoms with van der Waals surface area (Å²) in [5.41, 5.74) is 2.81. The van der Waals surface area contributed by atoms with E-state index in [4.69, 9.17) is 9.47 Å². The maximum atomic E-state index is 12.9. The first-order valence-electron chi connectivity index (χ1n) is 9.31. The van der Waals surface area contributed by atoms with E-state index in [1.54, 1.807) is 14.2 Å². The molecule has 0 saturated heterocycles. The molecule has 0 fully saturated rings. The van der Waals surface area contributed by atoms with Gasteiger partial charge in [-0.2, -0.15) is 4.98 Å². The molecule has 1 amide bonds. The fraction of sp³-hybridized carbons (Fsp3) is 0.381. The number of hydrogen-bond donors (Lipinski definition) is 1. The van der Waals surface area contributed by atoms with Crippen molar-refractivity contribution in [1.29, 1.82) is 0 Å². The van der Waals surface area contributed by atoms with Crippen molar-refractivity contribution in [1.82, 2.24) is 14.9 Å². The molecule has 154 valence electrons. The number of anilines is 1. The van der Waals surface area contributed by atoms with Gasteiger partial charge in [0.05, 0.1) is 17.4 Å². The van der Waals surface area contributed by atoms with Crippen molar-refractivity contribution < 1.29 is 14.3 Å². The van der Waals surface area contributed by atoms with E-state index in [-0.39, 0.29) is 12.5 Å². The molecule has 0 unspecified atom stereocenters. The van der Waals surface area contributed by atoms with Crippen LogP contribution in [0, 0.1) is 6.92 Å². The zero-order valence-corrected chi connectivity index (χ0v) is 18.2. The van der Waals surface area contributed by atoms with Gasteiger partial charge in [-0.1, -0.05) is 12.1 Å². The van der Waals surface area contributed by atoms with Crippen molar-refractivity contribution in [2.24, 2.45) is 0 Å². The number of carbonyl (C=O) groups excluding carboxylic acids is 1. The number of aromatic nitrogens is 2. The maximum Gasteiger partial charge on any atom is 0.266 e. The number of nitrogens with one attached hydrogen (secondary N) is 1. The van der Waals surface area contributed by atoms with Gasteiger partial charge in [-0.05, 0) is 50.7 Å². The summed E-state index contributed by atoms with van der Waals surface area (Å²) in [6, 6.07) is 7.95. The summed E-state index contributed by atoms with van der Waals surface area (Å²) in [5, 5.41) is 3.74. The van der Waals surface area contributed by atoms with Gasteiger partial charge >= 0.3 is 0 Å². The molecule has 2 aromatic heterocycles. The Hall–Kier alpha value is -2.55. The quantitative estimate of drug-likeness (QED) is 0.608. The predicted molar refractivity (Wildman–Crippen MR) is 116 cm³/mol. The topological polar surface area (TPSA) is 76.6 Å². The SMILES string of the molecule is COCc1nc(OC)c2c(C)c(C(=O)Nc3ccc(CCN(C)C)cc3)sc2n1. The Morgan fingerprint density at radius 2 is 1.90 bits per heavy atom. The van der Waals surface area contributed by atoms with E-state index in [0.717, 1.165) is 29.6 Å². The van der Waals surface area contributed by atoms with Crippen LogP contribution >= 0.6 is 11.3 Å². The van der Waals surface area contributed by atoms with Gasteiger partial charge in [0.15, 0.2) is 5.82 Å².